The van der Waals surface area contributed by atoms with Crippen LogP contribution in [0.5, 0.6) is 0 Å². The summed E-state index contributed by atoms with van der Waals surface area (Å²) in [5, 5.41) is 0. The molecule has 0 spiro atoms. The number of rotatable bonds is 1. The van der Waals surface area contributed by atoms with Gasteiger partial charge in [0.15, 0.2) is 0 Å². The molecule has 1 N–H and O–H groups in total. The molecular formula is CH4O2PS+. The molecule has 0 radical (unpaired) electrons. The van der Waals surface area contributed by atoms with Crippen molar-refractivity contribution < 1.29 is 9.46 Å². The maximum absolute atomic E-state index is 9.44. The van der Waals surface area contributed by atoms with Crippen molar-refractivity contribution >= 4 is 20.7 Å². The summed E-state index contributed by atoms with van der Waals surface area (Å²) >= 11 is 3.48. The molecule has 0 aliphatic carbocycles. The highest BCUT2D eigenvalue weighted by molar-refractivity contribution is 7.86. The first-order chi connectivity index (χ1) is 2.27. The fourth-order valence-corrected chi connectivity index (χ4v) is 0. The van der Waals surface area contributed by atoms with Gasteiger partial charge in [0.1, 0.15) is 0 Å². The van der Waals surface area contributed by atoms with E-state index in [1.54, 1.807) is 0 Å². The van der Waals surface area contributed by atoms with Crippen molar-refractivity contribution in [3.05, 3.63) is 0 Å². The van der Waals surface area contributed by atoms with Crippen LogP contribution in [-0.2, 0) is 4.57 Å². The first-order valence-corrected chi connectivity index (χ1v) is 3.05. The zero-order valence-corrected chi connectivity index (χ0v) is 4.25. The summed E-state index contributed by atoms with van der Waals surface area (Å²) in [5.41, 5.74) is 0.0648. The molecule has 0 aliphatic rings. The second kappa shape index (κ2) is 2.64. The van der Waals surface area contributed by atoms with E-state index >= 15 is 0 Å². The van der Waals surface area contributed by atoms with Crippen LogP contribution in [0.4, 0.5) is 0 Å². The van der Waals surface area contributed by atoms with Crippen LogP contribution in [0.2, 0.25) is 0 Å². The average Bonchev–Trinajstić information content (AvgIpc) is 1.38. The standard InChI is InChI=1S/CH3O2PS/c2-4(3)1-5/h1H2,(H-,2,3,5)/p+1. The van der Waals surface area contributed by atoms with Crippen LogP contribution in [0.15, 0.2) is 0 Å². The lowest BCUT2D eigenvalue weighted by Crippen LogP contribution is -1.51. The second-order valence-electron chi connectivity index (χ2n) is 0.494. The Kier molecular flexibility index (Phi) is 2.85. The highest BCUT2D eigenvalue weighted by atomic mass is 32.1. The van der Waals surface area contributed by atoms with E-state index in [2.05, 4.69) is 12.6 Å². The third kappa shape index (κ3) is 4.41. The molecule has 4 heteroatoms. The molecule has 0 heterocycles. The van der Waals surface area contributed by atoms with E-state index in [4.69, 9.17) is 4.89 Å². The Hall–Kier alpha value is 0.410. The molecule has 0 amide bonds. The summed E-state index contributed by atoms with van der Waals surface area (Å²) in [7, 11) is -1.98. The van der Waals surface area contributed by atoms with Crippen molar-refractivity contribution in [2.75, 3.05) is 5.49 Å². The lowest BCUT2D eigenvalue weighted by molar-refractivity contribution is 0.508. The third-order valence-corrected chi connectivity index (χ3v) is 1.09. The van der Waals surface area contributed by atoms with Gasteiger partial charge in [-0.1, -0.05) is 0 Å². The number of hydrogen-bond donors (Lipinski definition) is 2. The summed E-state index contributed by atoms with van der Waals surface area (Å²) in [6.07, 6.45) is 0. The van der Waals surface area contributed by atoms with Crippen LogP contribution in [-0.4, -0.2) is 10.4 Å². The summed E-state index contributed by atoms with van der Waals surface area (Å²) in [5.74, 6) is 0. The first-order valence-electron chi connectivity index (χ1n) is 1.02. The second-order valence-corrected chi connectivity index (χ2v) is 2.33. The zero-order chi connectivity index (χ0) is 4.28. The highest BCUT2D eigenvalue weighted by Gasteiger charge is 2.00. The minimum atomic E-state index is -1.98. The van der Waals surface area contributed by atoms with Crippen molar-refractivity contribution in [1.29, 1.82) is 0 Å². The average molecular weight is 111 g/mol. The SMILES string of the molecule is O=[P+](O)CS. The van der Waals surface area contributed by atoms with Gasteiger partial charge in [-0.3, -0.25) is 0 Å². The van der Waals surface area contributed by atoms with E-state index < -0.39 is 8.03 Å². The minimum absolute atomic E-state index is 0.0648. The molecular weight excluding hydrogens is 107 g/mol. The molecule has 0 rings (SSSR count). The van der Waals surface area contributed by atoms with Gasteiger partial charge in [0.05, 0.1) is 0 Å². The van der Waals surface area contributed by atoms with Gasteiger partial charge in [-0.15, -0.1) is 12.6 Å². The van der Waals surface area contributed by atoms with E-state index in [1.165, 1.54) is 0 Å². The fourth-order valence-electron chi connectivity index (χ4n) is 0. The topological polar surface area (TPSA) is 37.3 Å². The van der Waals surface area contributed by atoms with Crippen LogP contribution in [0, 0.1) is 0 Å². The molecule has 0 aliphatic heterocycles. The van der Waals surface area contributed by atoms with Crippen molar-refractivity contribution in [1.82, 2.24) is 0 Å². The van der Waals surface area contributed by atoms with Gasteiger partial charge in [0, 0.05) is 0 Å². The molecule has 1 atom stereocenters. The van der Waals surface area contributed by atoms with Gasteiger partial charge in [0.2, 0.25) is 5.49 Å². The van der Waals surface area contributed by atoms with Crippen LogP contribution >= 0.6 is 20.7 Å². The lowest BCUT2D eigenvalue weighted by atomic mass is 11.9. The Morgan fingerprint density at radius 1 is 2.00 bits per heavy atom. The van der Waals surface area contributed by atoms with Crippen LogP contribution in [0.3, 0.4) is 0 Å². The highest BCUT2D eigenvalue weighted by Crippen LogP contribution is 2.11. The lowest BCUT2D eigenvalue weighted by Gasteiger charge is -1.52. The molecule has 0 bridgehead atoms. The van der Waals surface area contributed by atoms with Crippen molar-refractivity contribution in [3.8, 4) is 0 Å². The minimum Gasteiger partial charge on any atom is -0.160 e. The summed E-state index contributed by atoms with van der Waals surface area (Å²) in [6.45, 7) is 0. The normalized spacial score (nSPS) is 11.2. The van der Waals surface area contributed by atoms with Crippen molar-refractivity contribution in [2.24, 2.45) is 0 Å². The maximum atomic E-state index is 9.44. The molecule has 0 saturated heterocycles. The third-order valence-electron chi connectivity index (χ3n) is 0.121. The molecule has 30 valence electrons. The Morgan fingerprint density at radius 2 is 2.20 bits per heavy atom. The van der Waals surface area contributed by atoms with Gasteiger partial charge in [-0.2, -0.15) is 4.89 Å². The van der Waals surface area contributed by atoms with Gasteiger partial charge < -0.3 is 0 Å². The van der Waals surface area contributed by atoms with Crippen molar-refractivity contribution in [2.45, 2.75) is 0 Å². The maximum Gasteiger partial charge on any atom is 0.516 e. The van der Waals surface area contributed by atoms with E-state index in [9.17, 15) is 4.57 Å². The quantitative estimate of drug-likeness (QED) is 0.384. The smallest absolute Gasteiger partial charge is 0.160 e. The number of hydrogen-bond acceptors (Lipinski definition) is 2. The molecule has 5 heavy (non-hydrogen) atoms. The molecule has 0 fully saturated rings. The molecule has 2 nitrogen and oxygen atoms in total. The molecule has 0 aromatic rings. The van der Waals surface area contributed by atoms with E-state index in [0.29, 0.717) is 0 Å². The molecule has 0 saturated carbocycles. The van der Waals surface area contributed by atoms with Gasteiger partial charge in [-0.05, 0) is 4.57 Å². The molecule has 0 aromatic heterocycles. The van der Waals surface area contributed by atoms with E-state index in [0.717, 1.165) is 0 Å². The van der Waals surface area contributed by atoms with E-state index in [1.807, 2.05) is 0 Å². The molecule has 1 unspecified atom stereocenters. The largest absolute Gasteiger partial charge is 0.516 e. The Bertz CT molecular complexity index is 44.9. The fraction of sp³-hybridized carbons (Fsp3) is 1.00. The monoisotopic (exact) mass is 111 g/mol. The van der Waals surface area contributed by atoms with Crippen molar-refractivity contribution in [3.63, 3.8) is 0 Å². The Morgan fingerprint density at radius 3 is 2.20 bits per heavy atom. The Balaban J connectivity index is 2.85. The van der Waals surface area contributed by atoms with Gasteiger partial charge >= 0.3 is 8.03 Å². The zero-order valence-electron chi connectivity index (χ0n) is 2.46. The predicted octanol–water partition coefficient (Wildman–Crippen LogP) is 0.608. The van der Waals surface area contributed by atoms with Crippen LogP contribution < -0.4 is 0 Å². The van der Waals surface area contributed by atoms with Crippen LogP contribution in [0.1, 0.15) is 0 Å². The number of thiol groups is 1. The summed E-state index contributed by atoms with van der Waals surface area (Å²) in [6, 6.07) is 0. The van der Waals surface area contributed by atoms with Crippen LogP contribution in [0.25, 0.3) is 0 Å². The van der Waals surface area contributed by atoms with E-state index in [-0.39, 0.29) is 5.49 Å². The molecule has 0 aromatic carbocycles. The van der Waals surface area contributed by atoms with Gasteiger partial charge in [-0.25, -0.2) is 0 Å². The summed E-state index contributed by atoms with van der Waals surface area (Å²) < 4.78 is 9.44. The summed E-state index contributed by atoms with van der Waals surface area (Å²) in [4.78, 5) is 7.79. The first kappa shape index (κ1) is 5.41. The van der Waals surface area contributed by atoms with Gasteiger partial charge in [0.25, 0.3) is 0 Å². The predicted molar refractivity (Wildman–Crippen MR) is 23.7 cm³/mol. The Labute approximate surface area is 36.5 Å².